The molecule has 7 nitrogen and oxygen atoms in total. The van der Waals surface area contributed by atoms with E-state index in [1.807, 2.05) is 19.2 Å². The van der Waals surface area contributed by atoms with E-state index in [1.165, 1.54) is 6.08 Å². The fraction of sp³-hybridized carbons (Fsp3) is 0.385. The molecule has 2 aromatic heterocycles. The predicted molar refractivity (Wildman–Crippen MR) is 134 cm³/mol. The van der Waals surface area contributed by atoms with E-state index in [2.05, 4.69) is 65.4 Å². The molecule has 176 valence electrons. The molecule has 0 fully saturated rings. The van der Waals surface area contributed by atoms with Crippen LogP contribution in [-0.4, -0.2) is 62.8 Å². The van der Waals surface area contributed by atoms with Crippen LogP contribution in [0.15, 0.2) is 47.1 Å². The first-order chi connectivity index (χ1) is 15.8. The number of aliphatic imine (C=N–C) groups is 1. The van der Waals surface area contributed by atoms with E-state index in [4.69, 9.17) is 10.1 Å². The van der Waals surface area contributed by atoms with E-state index in [9.17, 15) is 4.79 Å². The van der Waals surface area contributed by atoms with E-state index < -0.39 is 5.97 Å². The number of carbonyl (C=O) groups is 1. The third-order valence-electron chi connectivity index (χ3n) is 5.75. The summed E-state index contributed by atoms with van der Waals surface area (Å²) in [5.74, 6) is -1.02. The highest BCUT2D eigenvalue weighted by molar-refractivity contribution is 6.41. The normalized spacial score (nSPS) is 14.6. The zero-order chi connectivity index (χ0) is 24.0. The minimum Gasteiger partial charge on any atom is -0.477 e. The van der Waals surface area contributed by atoms with Gasteiger partial charge in [-0.2, -0.15) is 0 Å². The van der Waals surface area contributed by atoms with Crippen LogP contribution in [0.25, 0.3) is 17.3 Å². The number of carboxylic acid groups (broad SMARTS) is 1. The number of rotatable bonds is 11. The van der Waals surface area contributed by atoms with Gasteiger partial charge >= 0.3 is 5.97 Å². The lowest BCUT2D eigenvalue weighted by atomic mass is 10.1. The number of aromatic nitrogens is 2. The van der Waals surface area contributed by atoms with Crippen molar-refractivity contribution in [2.75, 3.05) is 26.7 Å². The number of pyridine rings is 1. The molecule has 0 amide bonds. The molecule has 0 atom stereocenters. The number of hydrogen-bond acceptors (Lipinski definition) is 5. The molecule has 1 N–H and O–H groups in total. The van der Waals surface area contributed by atoms with Crippen molar-refractivity contribution in [1.82, 2.24) is 19.4 Å². The van der Waals surface area contributed by atoms with Crippen molar-refractivity contribution >= 4 is 17.8 Å². The van der Waals surface area contributed by atoms with Crippen LogP contribution in [0.1, 0.15) is 37.4 Å². The van der Waals surface area contributed by atoms with Crippen LogP contribution in [0, 0.1) is 6.92 Å². The first-order valence-electron chi connectivity index (χ1n) is 11.4. The first-order valence-corrected chi connectivity index (χ1v) is 11.4. The summed E-state index contributed by atoms with van der Waals surface area (Å²) >= 11 is 0. The quantitative estimate of drug-likeness (QED) is 0.526. The zero-order valence-corrected chi connectivity index (χ0v) is 20.1. The molecule has 2 aromatic rings. The average molecular weight is 449 g/mol. The van der Waals surface area contributed by atoms with Gasteiger partial charge in [0, 0.05) is 37.1 Å². The lowest BCUT2D eigenvalue weighted by molar-refractivity contribution is -0.129. The third kappa shape index (κ3) is 6.27. The van der Waals surface area contributed by atoms with Gasteiger partial charge in [0.2, 0.25) is 0 Å². The summed E-state index contributed by atoms with van der Waals surface area (Å²) in [5, 5.41) is 9.12. The molecule has 0 saturated heterocycles. The van der Waals surface area contributed by atoms with Crippen LogP contribution in [-0.2, 0) is 24.9 Å². The van der Waals surface area contributed by atoms with Crippen molar-refractivity contribution in [1.29, 1.82) is 0 Å². The molecule has 7 heteroatoms. The number of hydrogen-bond donors (Lipinski definition) is 1. The molecule has 0 bridgehead atoms. The van der Waals surface area contributed by atoms with Gasteiger partial charge in [-0.25, -0.2) is 9.79 Å². The highest BCUT2D eigenvalue weighted by Crippen LogP contribution is 2.26. The Hall–Kier alpha value is -3.03. The van der Waals surface area contributed by atoms with Crippen LogP contribution in [0.5, 0.6) is 0 Å². The Labute approximate surface area is 196 Å². The fourth-order valence-electron chi connectivity index (χ4n) is 3.97. The molecule has 0 saturated carbocycles. The molecule has 0 spiro atoms. The minimum atomic E-state index is -1.02. The first kappa shape index (κ1) is 24.6. The molecule has 1 aliphatic heterocycles. The van der Waals surface area contributed by atoms with Gasteiger partial charge < -0.3 is 26.4 Å². The highest BCUT2D eigenvalue weighted by Gasteiger charge is 2.14. The second-order valence-corrected chi connectivity index (χ2v) is 8.35. The van der Waals surface area contributed by atoms with Gasteiger partial charge in [-0.3, -0.25) is 4.98 Å². The van der Waals surface area contributed by atoms with E-state index >= 15 is 0 Å². The summed E-state index contributed by atoms with van der Waals surface area (Å²) in [5.41, 5.74) is 5.92. The van der Waals surface area contributed by atoms with E-state index in [1.54, 1.807) is 6.08 Å². The summed E-state index contributed by atoms with van der Waals surface area (Å²) < 4.78 is 2.10. The van der Waals surface area contributed by atoms with Crippen LogP contribution < -0.4 is 0 Å². The van der Waals surface area contributed by atoms with Crippen molar-refractivity contribution in [3.63, 3.8) is 0 Å². The summed E-state index contributed by atoms with van der Waals surface area (Å²) in [6.07, 6.45) is 6.24. The van der Waals surface area contributed by atoms with E-state index in [-0.39, 0.29) is 5.71 Å². The molecular weight excluding hydrogens is 414 g/mol. The van der Waals surface area contributed by atoms with Gasteiger partial charge in [0.1, 0.15) is 5.71 Å². The third-order valence-corrected chi connectivity index (χ3v) is 5.75. The van der Waals surface area contributed by atoms with Gasteiger partial charge in [0.15, 0.2) is 0 Å². The number of nitrogens with zero attached hydrogens (tertiary/aromatic N) is 5. The Morgan fingerprint density at radius 2 is 1.91 bits per heavy atom. The van der Waals surface area contributed by atoms with Gasteiger partial charge in [-0.1, -0.05) is 13.8 Å². The summed E-state index contributed by atoms with van der Waals surface area (Å²) in [4.78, 5) is 24.8. The molecule has 3 rings (SSSR count). The largest absolute Gasteiger partial charge is 0.477 e. The average Bonchev–Trinajstić information content (AvgIpc) is 3.39. The Morgan fingerprint density at radius 3 is 2.52 bits per heavy atom. The highest BCUT2D eigenvalue weighted by atomic mass is 16.4. The Kier molecular flexibility index (Phi) is 8.36. The van der Waals surface area contributed by atoms with Crippen molar-refractivity contribution < 1.29 is 9.90 Å². The molecule has 0 unspecified atom stereocenters. The fourth-order valence-corrected chi connectivity index (χ4v) is 3.97. The Bertz CT molecular complexity index is 1080. The lowest BCUT2D eigenvalue weighted by Crippen LogP contribution is -2.24. The maximum atomic E-state index is 11.1. The molecule has 1 aliphatic rings. The van der Waals surface area contributed by atoms with Gasteiger partial charge in [0.05, 0.1) is 17.1 Å². The zero-order valence-electron chi connectivity index (χ0n) is 20.1. The van der Waals surface area contributed by atoms with Crippen LogP contribution in [0.4, 0.5) is 0 Å². The molecule has 33 heavy (non-hydrogen) atoms. The molecular formula is C26H34N5O2-. The number of carboxylic acids is 1. The Morgan fingerprint density at radius 1 is 1.18 bits per heavy atom. The maximum Gasteiger partial charge on any atom is 0.354 e. The van der Waals surface area contributed by atoms with Crippen LogP contribution in [0.3, 0.4) is 0 Å². The maximum absolute atomic E-state index is 11.1. The van der Waals surface area contributed by atoms with Gasteiger partial charge in [-0.05, 0) is 69.1 Å². The van der Waals surface area contributed by atoms with Crippen molar-refractivity contribution in [3.05, 3.63) is 66.1 Å². The molecule has 3 heterocycles. The second-order valence-electron chi connectivity index (χ2n) is 8.35. The Balaban J connectivity index is 1.96. The summed E-state index contributed by atoms with van der Waals surface area (Å²) in [6, 6.07) is 8.44. The predicted octanol–water partition coefficient (Wildman–Crippen LogP) is 4.02. The second kappa shape index (κ2) is 11.2. The van der Waals surface area contributed by atoms with Gasteiger partial charge in [-0.15, -0.1) is 6.54 Å². The van der Waals surface area contributed by atoms with Crippen molar-refractivity contribution in [2.45, 2.75) is 33.4 Å². The summed E-state index contributed by atoms with van der Waals surface area (Å²) in [7, 11) is 4.14. The number of aliphatic carboxylic acids is 1. The molecule has 0 aromatic carbocycles. The van der Waals surface area contributed by atoms with Crippen molar-refractivity contribution in [3.8, 4) is 11.3 Å². The van der Waals surface area contributed by atoms with Crippen LogP contribution in [0.2, 0.25) is 0 Å². The number of allylic oxidation sites excluding steroid dienone is 1. The smallest absolute Gasteiger partial charge is 0.354 e. The minimum absolute atomic E-state index is 0.0567. The lowest BCUT2D eigenvalue weighted by Gasteiger charge is -2.22. The van der Waals surface area contributed by atoms with E-state index in [0.717, 1.165) is 67.5 Å². The summed E-state index contributed by atoms with van der Waals surface area (Å²) in [6.45, 7) is 12.6. The standard InChI is InChI=1S/C26H34N5O2/c1-6-13-29(4)17-21-14-19(15-22(27-21)18-31(7-2)8-3)25-12-10-23(30(25)5)16-20-9-11-24(28-20)26(32)33/h9-12,14-16H,2,6-8,13,17-18H2,1,3-5H3,(H,32,33)/q-1/b20-16-. The molecule has 0 radical (unpaired) electrons. The molecule has 0 aliphatic carbocycles. The monoisotopic (exact) mass is 448 g/mol. The van der Waals surface area contributed by atoms with Crippen LogP contribution >= 0.6 is 0 Å². The van der Waals surface area contributed by atoms with Gasteiger partial charge in [0.25, 0.3) is 0 Å². The van der Waals surface area contributed by atoms with Crippen molar-refractivity contribution in [2.24, 2.45) is 12.0 Å². The SMILES string of the molecule is [CH2-]CN(CC)Cc1cc(-c2ccc(/C=C3/C=CC(C(=O)O)=N3)n2C)cc(CN(C)CCC)n1. The topological polar surface area (TPSA) is 74.0 Å². The van der Waals surface area contributed by atoms with E-state index in [0.29, 0.717) is 5.70 Å².